The summed E-state index contributed by atoms with van der Waals surface area (Å²) in [7, 11) is -1.45. The highest BCUT2D eigenvalue weighted by atomic mass is 28.3. The number of aliphatic hydroxyl groups is 1. The van der Waals surface area contributed by atoms with Gasteiger partial charge in [-0.05, 0) is 12.1 Å². The molecule has 0 saturated heterocycles. The topological polar surface area (TPSA) is 20.2 Å². The van der Waals surface area contributed by atoms with Crippen molar-refractivity contribution in [2.75, 3.05) is 0 Å². The normalized spacial score (nSPS) is 14.4. The van der Waals surface area contributed by atoms with E-state index in [0.717, 1.165) is 5.20 Å². The Kier molecular flexibility index (Phi) is 4.25. The van der Waals surface area contributed by atoms with Gasteiger partial charge in [-0.3, -0.25) is 0 Å². The van der Waals surface area contributed by atoms with E-state index in [4.69, 9.17) is 0 Å². The van der Waals surface area contributed by atoms with Gasteiger partial charge in [-0.2, -0.15) is 0 Å². The van der Waals surface area contributed by atoms with E-state index >= 15 is 0 Å². The van der Waals surface area contributed by atoms with Crippen molar-refractivity contribution in [1.82, 2.24) is 0 Å². The van der Waals surface area contributed by atoms with Crippen molar-refractivity contribution >= 4 is 8.07 Å². The number of hydrogen-bond acceptors (Lipinski definition) is 1. The molecule has 0 heterocycles. The second-order valence-electron chi connectivity index (χ2n) is 3.81. The maximum Gasteiger partial charge on any atom is 0.0968 e. The molecule has 0 aromatic rings. The zero-order valence-electron chi connectivity index (χ0n) is 8.39. The first-order chi connectivity index (χ1) is 5.43. The molecule has 1 nitrogen and oxygen atoms in total. The van der Waals surface area contributed by atoms with Crippen molar-refractivity contribution in [3.8, 4) is 0 Å². The van der Waals surface area contributed by atoms with Gasteiger partial charge in [0.25, 0.3) is 0 Å². The highest BCUT2D eigenvalue weighted by molar-refractivity contribution is 6.83. The highest BCUT2D eigenvalue weighted by Gasteiger charge is 2.23. The minimum Gasteiger partial charge on any atom is -0.384 e. The van der Waals surface area contributed by atoms with Crippen LogP contribution < -0.4 is 0 Å². The number of allylic oxidation sites excluding steroid dienone is 1. The van der Waals surface area contributed by atoms with Gasteiger partial charge in [0.05, 0.1) is 14.2 Å². The van der Waals surface area contributed by atoms with E-state index in [2.05, 4.69) is 32.0 Å². The quantitative estimate of drug-likeness (QED) is 0.404. The van der Waals surface area contributed by atoms with Crippen LogP contribution in [0.5, 0.6) is 0 Å². The lowest BCUT2D eigenvalue weighted by Gasteiger charge is -2.21. The summed E-state index contributed by atoms with van der Waals surface area (Å²) in [6.45, 7) is 12.0. The number of rotatable bonds is 3. The van der Waals surface area contributed by atoms with Crippen LogP contribution in [0.3, 0.4) is 0 Å². The predicted molar refractivity (Wildman–Crippen MR) is 56.8 cm³/mol. The lowest BCUT2D eigenvalue weighted by molar-refractivity contribution is 0.266. The van der Waals surface area contributed by atoms with Crippen LogP contribution in [-0.4, -0.2) is 19.3 Å². The Bertz CT molecular complexity index is 216. The summed E-state index contributed by atoms with van der Waals surface area (Å²) in [5.41, 5.74) is 2.85. The Balaban J connectivity index is 4.72. The maximum atomic E-state index is 9.65. The summed E-state index contributed by atoms with van der Waals surface area (Å²) in [6, 6.07) is 0. The molecule has 0 radical (unpaired) electrons. The molecule has 0 spiro atoms. The van der Waals surface area contributed by atoms with Crippen molar-refractivity contribution in [1.29, 1.82) is 0 Å². The Morgan fingerprint density at radius 1 is 1.50 bits per heavy atom. The molecule has 1 atom stereocenters. The van der Waals surface area contributed by atoms with E-state index < -0.39 is 14.2 Å². The molecule has 1 N–H and O–H groups in total. The van der Waals surface area contributed by atoms with Crippen molar-refractivity contribution in [2.24, 2.45) is 0 Å². The fourth-order valence-corrected chi connectivity index (χ4v) is 2.61. The summed E-state index contributed by atoms with van der Waals surface area (Å²) in [5, 5.41) is 10.6. The van der Waals surface area contributed by atoms with E-state index in [1.807, 2.05) is 13.0 Å². The molecule has 0 aliphatic carbocycles. The largest absolute Gasteiger partial charge is 0.384 e. The van der Waals surface area contributed by atoms with Crippen molar-refractivity contribution in [3.63, 3.8) is 0 Å². The maximum absolute atomic E-state index is 9.65. The third-order valence-corrected chi connectivity index (χ3v) is 3.76. The van der Waals surface area contributed by atoms with Gasteiger partial charge in [-0.25, -0.2) is 0 Å². The summed E-state index contributed by atoms with van der Waals surface area (Å²) in [5.74, 6) is 0. The zero-order valence-corrected chi connectivity index (χ0v) is 9.39. The first-order valence-electron chi connectivity index (χ1n) is 4.14. The molecular weight excluding hydrogens is 164 g/mol. The molecule has 12 heavy (non-hydrogen) atoms. The summed E-state index contributed by atoms with van der Waals surface area (Å²) in [4.78, 5) is 0. The van der Waals surface area contributed by atoms with E-state index in [1.165, 1.54) is 0 Å². The fourth-order valence-electron chi connectivity index (χ4n) is 1.09. The molecule has 0 saturated carbocycles. The minimum absolute atomic E-state index is 0.487. The number of hydrogen-bond donors (Lipinski definition) is 1. The first-order valence-corrected chi connectivity index (χ1v) is 7.64. The number of aliphatic hydroxyl groups excluding tert-OH is 1. The minimum atomic E-state index is -1.45. The van der Waals surface area contributed by atoms with Crippen LogP contribution >= 0.6 is 0 Å². The van der Waals surface area contributed by atoms with Gasteiger partial charge in [0, 0.05) is 0 Å². The summed E-state index contributed by atoms with van der Waals surface area (Å²) >= 11 is 0. The average molecular weight is 182 g/mol. The summed E-state index contributed by atoms with van der Waals surface area (Å²) in [6.07, 6.45) is 3.13. The molecular formula is C10H18OSi. The Labute approximate surface area is 76.1 Å². The Morgan fingerprint density at radius 2 is 2.00 bits per heavy atom. The van der Waals surface area contributed by atoms with Gasteiger partial charge in [-0.1, -0.05) is 38.4 Å². The van der Waals surface area contributed by atoms with Crippen LogP contribution in [0.4, 0.5) is 0 Å². The Hall–Kier alpha value is -0.563. The van der Waals surface area contributed by atoms with Crippen LogP contribution in [0, 0.1) is 0 Å². The molecule has 2 heteroatoms. The zero-order chi connectivity index (χ0) is 9.78. The summed E-state index contributed by atoms with van der Waals surface area (Å²) < 4.78 is 0. The molecule has 0 bridgehead atoms. The van der Waals surface area contributed by atoms with Crippen LogP contribution in [0.2, 0.25) is 19.6 Å². The van der Waals surface area contributed by atoms with E-state index in [0.29, 0.717) is 0 Å². The van der Waals surface area contributed by atoms with Crippen LogP contribution in [0.15, 0.2) is 29.7 Å². The van der Waals surface area contributed by atoms with Crippen molar-refractivity contribution in [3.05, 3.63) is 29.7 Å². The smallest absolute Gasteiger partial charge is 0.0968 e. The second-order valence-corrected chi connectivity index (χ2v) is 8.85. The average Bonchev–Trinajstić information content (AvgIpc) is 1.85. The van der Waals surface area contributed by atoms with Crippen molar-refractivity contribution < 1.29 is 5.11 Å². The van der Waals surface area contributed by atoms with E-state index in [-0.39, 0.29) is 0 Å². The van der Waals surface area contributed by atoms with Crippen LogP contribution in [-0.2, 0) is 0 Å². The molecule has 1 unspecified atom stereocenters. The molecule has 0 amide bonds. The standard InChI is InChI=1S/C10H18OSi/c1-6-8-9(11)10(7-2)12(3,4)5/h6,8-9,11H,2H2,1,3-5H3/b8-6+. The predicted octanol–water partition coefficient (Wildman–Crippen LogP) is 2.51. The van der Waals surface area contributed by atoms with Crippen LogP contribution in [0.25, 0.3) is 0 Å². The third-order valence-electron chi connectivity index (χ3n) is 1.67. The van der Waals surface area contributed by atoms with Crippen LogP contribution in [0.1, 0.15) is 6.92 Å². The highest BCUT2D eigenvalue weighted by Crippen LogP contribution is 2.17. The van der Waals surface area contributed by atoms with Crippen molar-refractivity contribution in [2.45, 2.75) is 32.7 Å². The fraction of sp³-hybridized carbons (Fsp3) is 0.500. The molecule has 0 aromatic heterocycles. The molecule has 68 valence electrons. The third kappa shape index (κ3) is 3.22. The molecule has 0 aliphatic heterocycles. The van der Waals surface area contributed by atoms with Gasteiger partial charge in [0.1, 0.15) is 0 Å². The van der Waals surface area contributed by atoms with E-state index in [9.17, 15) is 5.11 Å². The van der Waals surface area contributed by atoms with Gasteiger partial charge in [0.15, 0.2) is 0 Å². The first kappa shape index (κ1) is 11.4. The monoisotopic (exact) mass is 182 g/mol. The van der Waals surface area contributed by atoms with Gasteiger partial charge in [-0.15, -0.1) is 5.73 Å². The molecule has 0 fully saturated rings. The SMILES string of the molecule is C=C=C(C(O)/C=C/C)[Si](C)(C)C. The van der Waals surface area contributed by atoms with Gasteiger partial charge in [0.2, 0.25) is 0 Å². The second kappa shape index (κ2) is 4.46. The Morgan fingerprint density at radius 3 is 2.25 bits per heavy atom. The van der Waals surface area contributed by atoms with Gasteiger partial charge >= 0.3 is 0 Å². The molecule has 0 aliphatic rings. The lowest BCUT2D eigenvalue weighted by atomic mass is 10.3. The molecule has 0 aromatic carbocycles. The van der Waals surface area contributed by atoms with E-state index in [1.54, 1.807) is 6.08 Å². The van der Waals surface area contributed by atoms with Gasteiger partial charge < -0.3 is 5.11 Å². The lowest BCUT2D eigenvalue weighted by Crippen LogP contribution is -2.30. The molecule has 0 rings (SSSR count).